The van der Waals surface area contributed by atoms with Gasteiger partial charge in [0.1, 0.15) is 0 Å². The van der Waals surface area contributed by atoms with Crippen molar-refractivity contribution < 1.29 is 0 Å². The van der Waals surface area contributed by atoms with Crippen molar-refractivity contribution in [3.05, 3.63) is 135 Å². The van der Waals surface area contributed by atoms with Crippen LogP contribution in [0.15, 0.2) is 91.7 Å². The van der Waals surface area contributed by atoms with Crippen molar-refractivity contribution in [2.75, 3.05) is 0 Å². The van der Waals surface area contributed by atoms with E-state index in [1.165, 1.54) is 32.6 Å². The predicted octanol–water partition coefficient (Wildman–Crippen LogP) is 10.0. The summed E-state index contributed by atoms with van der Waals surface area (Å²) >= 11 is 0. The van der Waals surface area contributed by atoms with Gasteiger partial charge in [-0.1, -0.05) is 127 Å². The lowest BCUT2D eigenvalue weighted by Gasteiger charge is -2.40. The Balaban J connectivity index is 2.34. The normalized spacial score (nSPS) is 13.2. The van der Waals surface area contributed by atoms with E-state index in [9.17, 15) is 0 Å². The summed E-state index contributed by atoms with van der Waals surface area (Å²) in [7, 11) is -3.39. The monoisotopic (exact) mass is 714 g/mol. The van der Waals surface area contributed by atoms with Crippen LogP contribution in [0.3, 0.4) is 0 Å². The summed E-state index contributed by atoms with van der Waals surface area (Å²) in [6.07, 6.45) is 13.5. The Bertz CT molecular complexity index is 2250. The highest BCUT2D eigenvalue weighted by atomic mass is 28.3. The van der Waals surface area contributed by atoms with Crippen LogP contribution in [-0.4, -0.2) is 16.1 Å². The van der Waals surface area contributed by atoms with Gasteiger partial charge in [-0.3, -0.25) is 0 Å². The van der Waals surface area contributed by atoms with Crippen molar-refractivity contribution in [3.8, 4) is 0 Å². The summed E-state index contributed by atoms with van der Waals surface area (Å²) in [5.41, 5.74) is 47.9. The minimum Gasteiger partial charge on any atom is -0.0656 e. The summed E-state index contributed by atoms with van der Waals surface area (Å²) in [5.74, 6) is 0. The lowest BCUT2D eigenvalue weighted by Crippen LogP contribution is -2.41. The van der Waals surface area contributed by atoms with E-state index in [0.717, 1.165) is 109 Å². The smallest absolute Gasteiger partial charge is 0.0656 e. The van der Waals surface area contributed by atoms with Crippen molar-refractivity contribution in [1.29, 1.82) is 0 Å². The first-order valence-electron chi connectivity index (χ1n) is 19.8. The Kier molecular flexibility index (Phi) is 14.8. The van der Waals surface area contributed by atoms with Crippen molar-refractivity contribution in [2.24, 2.45) is 0 Å². The van der Waals surface area contributed by atoms with Gasteiger partial charge in [0, 0.05) is 32.0 Å². The van der Waals surface area contributed by atoms with Gasteiger partial charge in [-0.15, -0.1) is 0 Å². The van der Waals surface area contributed by atoms with Gasteiger partial charge in [-0.2, -0.15) is 0 Å². The van der Waals surface area contributed by atoms with Crippen LogP contribution in [0.1, 0.15) is 101 Å². The first kappa shape index (κ1) is 40.5. The average molecular weight is 715 g/mol. The minimum absolute atomic E-state index is 0.938. The summed E-state index contributed by atoms with van der Waals surface area (Å²) in [5, 5.41) is 6.71. The van der Waals surface area contributed by atoms with Crippen molar-refractivity contribution in [2.45, 2.75) is 144 Å². The Morgan fingerprint density at radius 2 is 0.596 bits per heavy atom. The van der Waals surface area contributed by atoms with E-state index in [-0.39, 0.29) is 0 Å². The molecule has 0 heterocycles. The van der Waals surface area contributed by atoms with Crippen molar-refractivity contribution in [3.63, 3.8) is 0 Å². The molecule has 0 amide bonds. The molecule has 0 atom stereocenters. The number of hydrogen-bond acceptors (Lipinski definition) is 0. The molecular formula is C50H58Si2. The zero-order valence-electron chi connectivity index (χ0n) is 33.8. The molecule has 0 aliphatic heterocycles. The van der Waals surface area contributed by atoms with E-state index in [1.807, 2.05) is 0 Å². The van der Waals surface area contributed by atoms with Gasteiger partial charge >= 0.3 is 0 Å². The molecule has 0 radical (unpaired) electrons. The molecule has 2 heteroatoms. The molecule has 0 N–H and O–H groups in total. The van der Waals surface area contributed by atoms with Crippen LogP contribution < -0.4 is 20.9 Å². The van der Waals surface area contributed by atoms with Crippen LogP contribution >= 0.6 is 0 Å². The average Bonchev–Trinajstić information content (AvgIpc) is 3.08. The van der Waals surface area contributed by atoms with Crippen LogP contribution in [0.25, 0.3) is 22.9 Å². The van der Waals surface area contributed by atoms with Crippen LogP contribution in [0.5, 0.6) is 0 Å². The van der Waals surface area contributed by atoms with Crippen molar-refractivity contribution in [1.82, 2.24) is 0 Å². The number of hydrogen-bond donors (Lipinski definition) is 0. The van der Waals surface area contributed by atoms with Gasteiger partial charge in [0.25, 0.3) is 0 Å². The van der Waals surface area contributed by atoms with E-state index < -0.39 is 16.1 Å². The summed E-state index contributed by atoms with van der Waals surface area (Å²) in [6, 6.07) is 9.12. The molecule has 2 aromatic carbocycles. The molecular weight excluding hydrogens is 657 g/mol. The van der Waals surface area contributed by atoms with Crippen LogP contribution in [0.2, 0.25) is 39.3 Å². The molecule has 2 aliphatic rings. The standard InChI is InChI=1S/C50H58Si2/c1-11-15-25-39-35-43-29-19-20-30-44-36-40(26-16-12-2)42(28-18-14-4)38-46(44)32-22-24-34-48-47(49(51(5,6)7)50(48)52(8,9)10)33-23-21-31-45(43)37-41(39)27-17-13-3/h35-38H,11-18,25-28H2,1-10H3. The third-order valence-electron chi connectivity index (χ3n) is 9.73. The molecule has 0 aromatic heterocycles. The van der Waals surface area contributed by atoms with Gasteiger partial charge < -0.3 is 0 Å². The zero-order valence-corrected chi connectivity index (χ0v) is 35.8. The molecule has 0 saturated carbocycles. The summed E-state index contributed by atoms with van der Waals surface area (Å²) in [6.45, 7) is 23.5. The molecule has 0 unspecified atom stereocenters. The lowest BCUT2D eigenvalue weighted by molar-refractivity contribution is 0.757. The molecule has 2 aromatic rings. The molecule has 0 saturated heterocycles. The van der Waals surface area contributed by atoms with Gasteiger partial charge in [-0.05, 0) is 143 Å². The van der Waals surface area contributed by atoms with Crippen LogP contribution in [0.4, 0.5) is 0 Å². The van der Waals surface area contributed by atoms with Gasteiger partial charge in [0.05, 0.1) is 16.1 Å². The molecule has 266 valence electrons. The summed E-state index contributed by atoms with van der Waals surface area (Å²) < 4.78 is 0. The number of unbranched alkanes of at least 4 members (excludes halogenated alkanes) is 4. The highest BCUT2D eigenvalue weighted by Gasteiger charge is 2.43. The predicted molar refractivity (Wildman–Crippen MR) is 228 cm³/mol. The number of fused-ring (bicyclic) bond motifs is 3. The third-order valence-corrected chi connectivity index (χ3v) is 14.0. The second-order valence-corrected chi connectivity index (χ2v) is 26.2. The molecule has 0 fully saturated rings. The van der Waals surface area contributed by atoms with E-state index in [2.05, 4.69) is 160 Å². The highest BCUT2D eigenvalue weighted by molar-refractivity contribution is 6.92. The second-order valence-electron chi connectivity index (χ2n) is 16.2. The first-order valence-corrected chi connectivity index (χ1v) is 26.8. The van der Waals surface area contributed by atoms with Gasteiger partial charge in [0.15, 0.2) is 0 Å². The number of allylic oxidation sites excluding steroid dienone is 4. The number of rotatable bonds is 14. The van der Waals surface area contributed by atoms with Crippen LogP contribution in [-0.2, 0) is 25.7 Å². The first-order chi connectivity index (χ1) is 24.9. The Labute approximate surface area is 316 Å². The molecule has 2 aliphatic carbocycles. The molecule has 0 nitrogen and oxygen atoms in total. The fourth-order valence-electron chi connectivity index (χ4n) is 6.96. The maximum atomic E-state index is 3.51. The fourth-order valence-corrected chi connectivity index (χ4v) is 12.8. The fraction of sp³-hybridized carbons (Fsp3) is 0.440. The molecule has 52 heavy (non-hydrogen) atoms. The van der Waals surface area contributed by atoms with Crippen molar-refractivity contribution >= 4 is 39.1 Å². The minimum atomic E-state index is -1.70. The van der Waals surface area contributed by atoms with E-state index in [4.69, 9.17) is 0 Å². The Morgan fingerprint density at radius 3 is 0.808 bits per heavy atom. The maximum Gasteiger partial charge on any atom is 0.0792 e. The van der Waals surface area contributed by atoms with Gasteiger partial charge in [0.2, 0.25) is 0 Å². The topological polar surface area (TPSA) is 0 Å². The van der Waals surface area contributed by atoms with E-state index in [1.54, 1.807) is 0 Å². The SMILES string of the molecule is CCCCc1cc2c(cc1CCCC)=C=C=C=C=c1cc(CCCC)c(CCCC)cc1=C=C=C=C=C1C(=C=C=C=C=2)C([Si](C)(C)C)=C1[Si](C)(C)C. The third kappa shape index (κ3) is 10.6. The Morgan fingerprint density at radius 1 is 0.365 bits per heavy atom. The van der Waals surface area contributed by atoms with E-state index in [0.29, 0.717) is 0 Å². The highest BCUT2D eigenvalue weighted by Crippen LogP contribution is 2.47. The molecule has 4 rings (SSSR count). The quantitative estimate of drug-likeness (QED) is 0.135. The largest absolute Gasteiger partial charge is 0.0792 e. The number of benzene rings is 2. The van der Waals surface area contributed by atoms with E-state index >= 15 is 0 Å². The van der Waals surface area contributed by atoms with Crippen LogP contribution in [0, 0.1) is 0 Å². The lowest BCUT2D eigenvalue weighted by atomic mass is 9.95. The number of aryl methyl sites for hydroxylation is 4. The van der Waals surface area contributed by atoms with Gasteiger partial charge in [-0.25, -0.2) is 0 Å². The Hall–Kier alpha value is -4.29. The molecule has 0 bridgehead atoms. The zero-order chi connectivity index (χ0) is 37.7. The second kappa shape index (κ2) is 19.0. The maximum absolute atomic E-state index is 3.51. The summed E-state index contributed by atoms with van der Waals surface area (Å²) in [4.78, 5) is 0. The molecule has 0 spiro atoms.